The van der Waals surface area contributed by atoms with Crippen molar-refractivity contribution in [2.45, 2.75) is 51.7 Å². The molecule has 0 unspecified atom stereocenters. The zero-order valence-electron chi connectivity index (χ0n) is 19.9. The average molecular weight is 483 g/mol. The minimum Gasteiger partial charge on any atom is -0.481 e. The summed E-state index contributed by atoms with van der Waals surface area (Å²) in [5.41, 5.74) is 0.202. The Hall–Kier alpha value is -3.82. The van der Waals surface area contributed by atoms with Crippen molar-refractivity contribution in [2.24, 2.45) is 11.8 Å². The quantitative estimate of drug-likeness (QED) is 0.458. The second kappa shape index (κ2) is 11.1. The molecule has 1 aromatic carbocycles. The Morgan fingerprint density at radius 1 is 1.17 bits per heavy atom. The Morgan fingerprint density at radius 2 is 1.89 bits per heavy atom. The molecule has 0 bridgehead atoms. The van der Waals surface area contributed by atoms with Crippen LogP contribution in [-0.2, 0) is 19.2 Å². The highest BCUT2D eigenvalue weighted by Gasteiger charge is 2.43. The average Bonchev–Trinajstić information content (AvgIpc) is 3.22. The van der Waals surface area contributed by atoms with Crippen LogP contribution in [0.4, 0.5) is 0 Å². The van der Waals surface area contributed by atoms with Gasteiger partial charge in [-0.1, -0.05) is 45.0 Å². The molecule has 0 saturated carbocycles. The topological polar surface area (TPSA) is 146 Å². The van der Waals surface area contributed by atoms with Gasteiger partial charge in [-0.2, -0.15) is 0 Å². The Kier molecular flexibility index (Phi) is 8.16. The smallest absolute Gasteiger partial charge is 0.305 e. The van der Waals surface area contributed by atoms with Gasteiger partial charge in [-0.05, 0) is 29.7 Å². The van der Waals surface area contributed by atoms with E-state index in [1.807, 2.05) is 19.1 Å². The molecule has 186 valence electrons. The maximum atomic E-state index is 13.6. The number of aliphatic carboxylic acids is 1. The second-order valence-electron chi connectivity index (χ2n) is 9.17. The molecule has 4 atom stereocenters. The fourth-order valence-electron chi connectivity index (χ4n) is 4.39. The highest BCUT2D eigenvalue weighted by atomic mass is 16.4. The summed E-state index contributed by atoms with van der Waals surface area (Å²) in [6, 6.07) is 6.12. The van der Waals surface area contributed by atoms with E-state index < -0.39 is 48.2 Å². The lowest BCUT2D eigenvalue weighted by Crippen LogP contribution is -2.57. The molecule has 1 fully saturated rings. The van der Waals surface area contributed by atoms with Crippen LogP contribution in [0.3, 0.4) is 0 Å². The van der Waals surface area contributed by atoms with E-state index in [-0.39, 0.29) is 17.5 Å². The number of aromatic nitrogens is 1. The van der Waals surface area contributed by atoms with E-state index >= 15 is 0 Å². The third-order valence-corrected chi connectivity index (χ3v) is 6.25. The minimum atomic E-state index is -1.22. The highest BCUT2D eigenvalue weighted by molar-refractivity contribution is 6.06. The summed E-state index contributed by atoms with van der Waals surface area (Å²) in [6.07, 6.45) is 1.91. The number of likely N-dealkylation sites (tertiary alicyclic amines) is 1. The van der Waals surface area contributed by atoms with Gasteiger partial charge in [0.15, 0.2) is 0 Å². The number of aldehydes is 1. The van der Waals surface area contributed by atoms with Crippen molar-refractivity contribution >= 4 is 40.7 Å². The van der Waals surface area contributed by atoms with Gasteiger partial charge in [0, 0.05) is 18.1 Å². The number of amides is 3. The van der Waals surface area contributed by atoms with E-state index in [1.165, 1.54) is 11.1 Å². The number of rotatable bonds is 9. The van der Waals surface area contributed by atoms with Gasteiger partial charge in [0.05, 0.1) is 12.5 Å². The van der Waals surface area contributed by atoms with Gasteiger partial charge in [0.25, 0.3) is 5.91 Å². The van der Waals surface area contributed by atoms with Crippen LogP contribution < -0.4 is 10.6 Å². The summed E-state index contributed by atoms with van der Waals surface area (Å²) in [5.74, 6) is -3.22. The number of carboxylic acids is 1. The van der Waals surface area contributed by atoms with Crippen LogP contribution in [0.2, 0.25) is 0 Å². The first-order chi connectivity index (χ1) is 16.6. The van der Waals surface area contributed by atoms with Crippen molar-refractivity contribution in [1.82, 2.24) is 20.5 Å². The standard InChI is InChI=1S/C25H30N4O6/c1-14(2)20(28-23(33)21-18-7-5-4-6-16(18)8-10-26-21)25(35)29-11-9-15(3)22(29)24(34)27-17(13-30)12-19(31)32/h4-8,10,13-15,17,20,22H,9,11-12H2,1-3H3,(H,27,34)(H,28,33)(H,31,32)/t15-,17-,20-,22-/m0/s1. The lowest BCUT2D eigenvalue weighted by atomic mass is 9.99. The third-order valence-electron chi connectivity index (χ3n) is 6.25. The number of carbonyl (C=O) groups excluding carboxylic acids is 4. The third kappa shape index (κ3) is 5.82. The predicted molar refractivity (Wildman–Crippen MR) is 127 cm³/mol. The number of nitrogens with one attached hydrogen (secondary N) is 2. The molecule has 1 saturated heterocycles. The lowest BCUT2D eigenvalue weighted by molar-refractivity contribution is -0.143. The number of carbonyl (C=O) groups is 5. The Morgan fingerprint density at radius 3 is 2.54 bits per heavy atom. The van der Waals surface area contributed by atoms with Crippen LogP contribution in [0, 0.1) is 11.8 Å². The summed E-state index contributed by atoms with van der Waals surface area (Å²) in [6.45, 7) is 5.70. The van der Waals surface area contributed by atoms with Crippen molar-refractivity contribution in [3.05, 3.63) is 42.2 Å². The van der Waals surface area contributed by atoms with Gasteiger partial charge < -0.3 is 25.4 Å². The second-order valence-corrected chi connectivity index (χ2v) is 9.17. The van der Waals surface area contributed by atoms with Gasteiger partial charge in [0.2, 0.25) is 11.8 Å². The first kappa shape index (κ1) is 25.8. The summed E-state index contributed by atoms with van der Waals surface area (Å²) in [7, 11) is 0. The summed E-state index contributed by atoms with van der Waals surface area (Å²) in [5, 5.41) is 15.7. The van der Waals surface area contributed by atoms with E-state index in [2.05, 4.69) is 15.6 Å². The van der Waals surface area contributed by atoms with Crippen molar-refractivity contribution in [2.75, 3.05) is 6.54 Å². The van der Waals surface area contributed by atoms with Gasteiger partial charge >= 0.3 is 5.97 Å². The van der Waals surface area contributed by atoms with Crippen LogP contribution in [0.1, 0.15) is 44.1 Å². The van der Waals surface area contributed by atoms with Crippen LogP contribution >= 0.6 is 0 Å². The molecular formula is C25H30N4O6. The summed E-state index contributed by atoms with van der Waals surface area (Å²) in [4.78, 5) is 67.4. The number of hydrogen-bond donors (Lipinski definition) is 3. The van der Waals surface area contributed by atoms with Crippen molar-refractivity contribution in [3.63, 3.8) is 0 Å². The molecule has 3 rings (SSSR count). The molecule has 35 heavy (non-hydrogen) atoms. The minimum absolute atomic E-state index is 0.202. The molecule has 0 radical (unpaired) electrons. The molecule has 2 aromatic rings. The Balaban J connectivity index is 1.80. The molecule has 10 heteroatoms. The molecule has 2 heterocycles. The number of benzene rings is 1. The first-order valence-corrected chi connectivity index (χ1v) is 11.6. The number of pyridine rings is 1. The zero-order valence-corrected chi connectivity index (χ0v) is 19.9. The lowest BCUT2D eigenvalue weighted by Gasteiger charge is -2.32. The monoisotopic (exact) mass is 482 g/mol. The predicted octanol–water partition coefficient (Wildman–Crippen LogP) is 1.38. The fourth-order valence-corrected chi connectivity index (χ4v) is 4.39. The number of fused-ring (bicyclic) bond motifs is 1. The first-order valence-electron chi connectivity index (χ1n) is 11.6. The molecular weight excluding hydrogens is 452 g/mol. The van der Waals surface area contributed by atoms with Crippen LogP contribution in [-0.4, -0.2) is 69.6 Å². The van der Waals surface area contributed by atoms with E-state index in [4.69, 9.17) is 5.11 Å². The van der Waals surface area contributed by atoms with Crippen LogP contribution in [0.5, 0.6) is 0 Å². The van der Waals surface area contributed by atoms with Crippen LogP contribution in [0.25, 0.3) is 10.8 Å². The maximum absolute atomic E-state index is 13.6. The maximum Gasteiger partial charge on any atom is 0.305 e. The fraction of sp³-hybridized carbons (Fsp3) is 0.440. The number of hydrogen-bond acceptors (Lipinski definition) is 6. The Labute approximate surface area is 203 Å². The van der Waals surface area contributed by atoms with Gasteiger partial charge in [-0.25, -0.2) is 0 Å². The molecule has 0 aliphatic carbocycles. The van der Waals surface area contributed by atoms with E-state index in [0.29, 0.717) is 24.6 Å². The van der Waals surface area contributed by atoms with E-state index in [0.717, 1.165) is 5.39 Å². The number of carboxylic acid groups (broad SMARTS) is 1. The zero-order chi connectivity index (χ0) is 25.7. The van der Waals surface area contributed by atoms with Gasteiger partial charge in [0.1, 0.15) is 24.1 Å². The number of nitrogens with zero attached hydrogens (tertiary/aromatic N) is 2. The molecule has 0 spiro atoms. The molecule has 3 amide bonds. The van der Waals surface area contributed by atoms with E-state index in [1.54, 1.807) is 32.0 Å². The van der Waals surface area contributed by atoms with Crippen molar-refractivity contribution < 1.29 is 29.1 Å². The van der Waals surface area contributed by atoms with Gasteiger partial charge in [-0.3, -0.25) is 24.2 Å². The van der Waals surface area contributed by atoms with Crippen molar-refractivity contribution in [1.29, 1.82) is 0 Å². The summed E-state index contributed by atoms with van der Waals surface area (Å²) < 4.78 is 0. The summed E-state index contributed by atoms with van der Waals surface area (Å²) >= 11 is 0. The normalized spacial score (nSPS) is 19.3. The highest BCUT2D eigenvalue weighted by Crippen LogP contribution is 2.26. The molecule has 10 nitrogen and oxygen atoms in total. The molecule has 1 aromatic heterocycles. The Bertz CT molecular complexity index is 1130. The van der Waals surface area contributed by atoms with E-state index in [9.17, 15) is 24.0 Å². The molecule has 1 aliphatic rings. The SMILES string of the molecule is CC(C)[C@H](NC(=O)c1nccc2ccccc12)C(=O)N1CC[C@H](C)[C@H]1C(=O)N[C@H](C=O)CC(=O)O. The molecule has 3 N–H and O–H groups in total. The van der Waals surface area contributed by atoms with Gasteiger partial charge in [-0.15, -0.1) is 0 Å². The van der Waals surface area contributed by atoms with Crippen molar-refractivity contribution in [3.8, 4) is 0 Å². The largest absolute Gasteiger partial charge is 0.481 e. The molecule has 1 aliphatic heterocycles. The van der Waals surface area contributed by atoms with Crippen LogP contribution in [0.15, 0.2) is 36.5 Å².